The highest BCUT2D eigenvalue weighted by atomic mass is 16.2. The number of nitrogens with one attached hydrogen (secondary N) is 1. The highest BCUT2D eigenvalue weighted by Gasteiger charge is 2.17. The van der Waals surface area contributed by atoms with Crippen molar-refractivity contribution in [2.24, 2.45) is 0 Å². The quantitative estimate of drug-likeness (QED) is 0.519. The highest BCUT2D eigenvalue weighted by molar-refractivity contribution is 5.95. The third kappa shape index (κ3) is 4.35. The van der Waals surface area contributed by atoms with Crippen LogP contribution in [0.15, 0.2) is 42.6 Å². The van der Waals surface area contributed by atoms with Crippen LogP contribution in [0.5, 0.6) is 0 Å². The van der Waals surface area contributed by atoms with Crippen LogP contribution in [0.1, 0.15) is 29.6 Å². The van der Waals surface area contributed by atoms with Crippen LogP contribution in [0, 0.1) is 27.7 Å². The summed E-state index contributed by atoms with van der Waals surface area (Å²) in [7, 11) is 0. The number of pyridine rings is 1. The fourth-order valence-corrected chi connectivity index (χ4v) is 4.07. The van der Waals surface area contributed by atoms with Gasteiger partial charge in [-0.05, 0) is 57.9 Å². The Morgan fingerprint density at radius 3 is 2.58 bits per heavy atom. The molecule has 3 heterocycles. The number of rotatable bonds is 6. The lowest BCUT2D eigenvalue weighted by Gasteiger charge is -2.15. The van der Waals surface area contributed by atoms with E-state index in [2.05, 4.69) is 45.6 Å². The molecule has 31 heavy (non-hydrogen) atoms. The molecule has 7 nitrogen and oxygen atoms in total. The third-order valence-corrected chi connectivity index (χ3v) is 5.39. The normalized spacial score (nSPS) is 12.3. The Balaban J connectivity index is 1.54. The second-order valence-corrected chi connectivity index (χ2v) is 8.25. The molecule has 4 rings (SSSR count). The molecule has 0 aliphatic rings. The minimum Gasteiger partial charge on any atom is -0.350 e. The van der Waals surface area contributed by atoms with Gasteiger partial charge in [0.25, 0.3) is 0 Å². The molecule has 1 N–H and O–H groups in total. The number of fused-ring (bicyclic) bond motifs is 1. The molecule has 4 aromatic rings. The van der Waals surface area contributed by atoms with E-state index in [1.54, 1.807) is 10.9 Å². The topological polar surface area (TPSA) is 77.6 Å². The van der Waals surface area contributed by atoms with Crippen LogP contribution in [0.3, 0.4) is 0 Å². The Morgan fingerprint density at radius 2 is 1.87 bits per heavy atom. The number of hydrogen-bond donors (Lipinski definition) is 1. The van der Waals surface area contributed by atoms with Gasteiger partial charge in [-0.1, -0.05) is 29.8 Å². The molecule has 0 aliphatic carbocycles. The molecule has 1 unspecified atom stereocenters. The van der Waals surface area contributed by atoms with Gasteiger partial charge in [-0.15, -0.1) is 0 Å². The molecule has 1 amide bonds. The largest absolute Gasteiger partial charge is 0.350 e. The molecule has 0 spiro atoms. The molecule has 0 saturated carbocycles. The summed E-state index contributed by atoms with van der Waals surface area (Å²) in [5.41, 5.74) is 7.04. The van der Waals surface area contributed by atoms with Gasteiger partial charge < -0.3 is 5.32 Å². The molecule has 0 radical (unpaired) electrons. The zero-order chi connectivity index (χ0) is 22.1. The molecule has 0 bridgehead atoms. The lowest BCUT2D eigenvalue weighted by atomic mass is 10.0. The minimum atomic E-state index is -0.0961. The van der Waals surface area contributed by atoms with Crippen molar-refractivity contribution < 1.29 is 4.79 Å². The van der Waals surface area contributed by atoms with Gasteiger partial charge in [-0.2, -0.15) is 10.2 Å². The van der Waals surface area contributed by atoms with Crippen LogP contribution < -0.4 is 5.32 Å². The summed E-state index contributed by atoms with van der Waals surface area (Å²) < 4.78 is 3.61. The van der Waals surface area contributed by atoms with E-state index in [9.17, 15) is 4.79 Å². The summed E-state index contributed by atoms with van der Waals surface area (Å²) >= 11 is 0. The number of carbonyl (C=O) groups excluding carboxylic acids is 1. The van der Waals surface area contributed by atoms with Crippen LogP contribution in [0.2, 0.25) is 0 Å². The first-order chi connectivity index (χ1) is 14.8. The maximum Gasteiger partial charge on any atom is 0.242 e. The van der Waals surface area contributed by atoms with Gasteiger partial charge in [0.15, 0.2) is 5.65 Å². The molecule has 0 aliphatic heterocycles. The number of aryl methyl sites for hydroxylation is 4. The molecular weight excluding hydrogens is 388 g/mol. The first kappa shape index (κ1) is 20.8. The van der Waals surface area contributed by atoms with E-state index in [1.165, 1.54) is 5.56 Å². The predicted molar refractivity (Wildman–Crippen MR) is 122 cm³/mol. The Morgan fingerprint density at radius 1 is 1.06 bits per heavy atom. The fourth-order valence-electron chi connectivity index (χ4n) is 4.07. The molecule has 1 aromatic carbocycles. The summed E-state index contributed by atoms with van der Waals surface area (Å²) in [5, 5.41) is 13.1. The van der Waals surface area contributed by atoms with Crippen LogP contribution >= 0.6 is 0 Å². The number of hydrogen-bond acceptors (Lipinski definition) is 4. The van der Waals surface area contributed by atoms with Crippen LogP contribution in [0.4, 0.5) is 0 Å². The number of benzene rings is 1. The predicted octanol–water partition coefficient (Wildman–Crippen LogP) is 3.73. The molecule has 0 saturated heterocycles. The van der Waals surface area contributed by atoms with E-state index < -0.39 is 0 Å². The third-order valence-electron chi connectivity index (χ3n) is 5.39. The Labute approximate surface area is 182 Å². The number of aromatic nitrogens is 5. The second-order valence-electron chi connectivity index (χ2n) is 8.25. The lowest BCUT2D eigenvalue weighted by molar-refractivity contribution is -0.122. The molecule has 3 aromatic heterocycles. The second kappa shape index (κ2) is 8.34. The maximum atomic E-state index is 12.7. The highest BCUT2D eigenvalue weighted by Crippen LogP contribution is 2.30. The lowest BCUT2D eigenvalue weighted by Crippen LogP contribution is -2.38. The van der Waals surface area contributed by atoms with Crippen molar-refractivity contribution in [2.75, 3.05) is 0 Å². The average Bonchev–Trinajstić information content (AvgIpc) is 3.19. The minimum absolute atomic E-state index is 0.0516. The van der Waals surface area contributed by atoms with Gasteiger partial charge in [0, 0.05) is 23.3 Å². The van der Waals surface area contributed by atoms with Crippen LogP contribution in [-0.2, 0) is 17.9 Å². The van der Waals surface area contributed by atoms with E-state index in [1.807, 2.05) is 50.6 Å². The summed E-state index contributed by atoms with van der Waals surface area (Å²) in [6.07, 6.45) is 1.78. The standard InChI is InChI=1S/C24H28N6O/c1-15-7-6-8-20(11-15)21-9-10-25-24-23(21)19(5)28-30(24)14-22(31)26-17(3)13-29-18(4)12-16(2)27-29/h6-12,17H,13-14H2,1-5H3,(H,26,31). The van der Waals surface area contributed by atoms with Crippen molar-refractivity contribution in [1.82, 2.24) is 29.9 Å². The van der Waals surface area contributed by atoms with Crippen molar-refractivity contribution in [1.29, 1.82) is 0 Å². The number of carbonyl (C=O) groups is 1. The zero-order valence-electron chi connectivity index (χ0n) is 18.7. The summed E-state index contributed by atoms with van der Waals surface area (Å²) in [4.78, 5) is 17.3. The monoisotopic (exact) mass is 416 g/mol. The smallest absolute Gasteiger partial charge is 0.242 e. The van der Waals surface area contributed by atoms with E-state index in [4.69, 9.17) is 0 Å². The summed E-state index contributed by atoms with van der Waals surface area (Å²) in [6, 6.07) is 12.4. The summed E-state index contributed by atoms with van der Waals surface area (Å²) in [5.74, 6) is -0.0961. The van der Waals surface area contributed by atoms with Gasteiger partial charge in [-0.25, -0.2) is 9.67 Å². The first-order valence-corrected chi connectivity index (χ1v) is 10.5. The Kier molecular flexibility index (Phi) is 5.59. The van der Waals surface area contributed by atoms with E-state index in [0.29, 0.717) is 6.54 Å². The van der Waals surface area contributed by atoms with Crippen molar-refractivity contribution in [3.8, 4) is 11.1 Å². The Bertz CT molecular complexity index is 1250. The van der Waals surface area contributed by atoms with E-state index in [-0.39, 0.29) is 18.5 Å². The molecule has 0 fully saturated rings. The van der Waals surface area contributed by atoms with Gasteiger partial charge in [0.2, 0.25) is 5.91 Å². The van der Waals surface area contributed by atoms with Crippen molar-refractivity contribution >= 4 is 16.9 Å². The summed E-state index contributed by atoms with van der Waals surface area (Å²) in [6.45, 7) is 10.8. The van der Waals surface area contributed by atoms with E-state index >= 15 is 0 Å². The Hall–Kier alpha value is -3.48. The molecule has 1 atom stereocenters. The zero-order valence-corrected chi connectivity index (χ0v) is 18.7. The van der Waals surface area contributed by atoms with Crippen molar-refractivity contribution in [3.05, 3.63) is 65.2 Å². The average molecular weight is 417 g/mol. The van der Waals surface area contributed by atoms with Crippen molar-refractivity contribution in [3.63, 3.8) is 0 Å². The number of amides is 1. The van der Waals surface area contributed by atoms with Gasteiger partial charge in [0.05, 0.1) is 17.9 Å². The molecular formula is C24H28N6O. The molecule has 7 heteroatoms. The van der Waals surface area contributed by atoms with Crippen LogP contribution in [0.25, 0.3) is 22.2 Å². The number of nitrogens with zero attached hydrogens (tertiary/aromatic N) is 5. The van der Waals surface area contributed by atoms with Gasteiger partial charge >= 0.3 is 0 Å². The van der Waals surface area contributed by atoms with E-state index in [0.717, 1.165) is 39.2 Å². The first-order valence-electron chi connectivity index (χ1n) is 10.5. The molecule has 160 valence electrons. The van der Waals surface area contributed by atoms with Gasteiger partial charge in [0.1, 0.15) is 6.54 Å². The van der Waals surface area contributed by atoms with Crippen LogP contribution in [-0.4, -0.2) is 36.5 Å². The van der Waals surface area contributed by atoms with Crippen molar-refractivity contribution in [2.45, 2.75) is 53.8 Å². The fraction of sp³-hybridized carbons (Fsp3) is 0.333. The maximum absolute atomic E-state index is 12.7. The SMILES string of the molecule is Cc1cccc(-c2ccnc3c2c(C)nn3CC(=O)NC(C)Cn2nc(C)cc2C)c1. The van der Waals surface area contributed by atoms with Gasteiger partial charge in [-0.3, -0.25) is 9.48 Å².